The van der Waals surface area contributed by atoms with E-state index in [1.807, 2.05) is 19.1 Å². The van der Waals surface area contributed by atoms with Gasteiger partial charge in [0.1, 0.15) is 5.75 Å². The molecule has 1 aromatic heterocycles. The van der Waals surface area contributed by atoms with Crippen molar-refractivity contribution in [2.45, 2.75) is 20.0 Å². The highest BCUT2D eigenvalue weighted by Gasteiger charge is 2.08. The Labute approximate surface area is 193 Å². The van der Waals surface area contributed by atoms with Crippen LogP contribution in [0.5, 0.6) is 11.5 Å². The van der Waals surface area contributed by atoms with E-state index in [1.165, 1.54) is 12.3 Å². The van der Waals surface area contributed by atoms with Crippen LogP contribution in [-0.2, 0) is 13.1 Å². The van der Waals surface area contributed by atoms with Crippen LogP contribution in [0, 0.1) is 5.82 Å². The molecule has 2 N–H and O–H groups in total. The molecular weight excluding hydrogens is 421 g/mol. The van der Waals surface area contributed by atoms with Gasteiger partial charge in [0.15, 0.2) is 17.5 Å². The lowest BCUT2D eigenvalue weighted by Crippen LogP contribution is -2.36. The Kier molecular flexibility index (Phi) is 8.35. The van der Waals surface area contributed by atoms with Gasteiger partial charge in [0.25, 0.3) is 5.91 Å². The number of aliphatic imine (C=N–C) groups is 1. The van der Waals surface area contributed by atoms with Crippen molar-refractivity contribution in [1.29, 1.82) is 0 Å². The number of guanidine groups is 1. The summed E-state index contributed by atoms with van der Waals surface area (Å²) in [6, 6.07) is 15.7. The Morgan fingerprint density at radius 2 is 1.85 bits per heavy atom. The SMILES string of the molecule is CCNC(=NCc1ccc(Oc2cccnc2)c(F)c1)NCc1ccc(C(=O)N(C)C)cc1. The third-order valence-electron chi connectivity index (χ3n) is 4.69. The normalized spacial score (nSPS) is 11.1. The van der Waals surface area contributed by atoms with Crippen LogP contribution in [0.1, 0.15) is 28.4 Å². The summed E-state index contributed by atoms with van der Waals surface area (Å²) in [6.07, 6.45) is 3.15. The second-order valence-electron chi connectivity index (χ2n) is 7.50. The minimum Gasteiger partial charge on any atom is -0.453 e. The van der Waals surface area contributed by atoms with Crippen LogP contribution in [0.25, 0.3) is 0 Å². The van der Waals surface area contributed by atoms with E-state index in [2.05, 4.69) is 20.6 Å². The van der Waals surface area contributed by atoms with Crippen molar-refractivity contribution in [1.82, 2.24) is 20.5 Å². The topological polar surface area (TPSA) is 78.9 Å². The summed E-state index contributed by atoms with van der Waals surface area (Å²) in [4.78, 5) is 22.0. The molecule has 0 spiro atoms. The molecule has 3 rings (SSSR count). The van der Waals surface area contributed by atoms with Crippen molar-refractivity contribution in [3.63, 3.8) is 0 Å². The first-order valence-electron chi connectivity index (χ1n) is 10.7. The molecule has 0 aliphatic rings. The molecule has 0 fully saturated rings. The second kappa shape index (κ2) is 11.6. The largest absolute Gasteiger partial charge is 0.453 e. The average Bonchev–Trinajstić information content (AvgIpc) is 2.83. The van der Waals surface area contributed by atoms with E-state index in [0.717, 1.165) is 11.1 Å². The van der Waals surface area contributed by atoms with E-state index in [1.54, 1.807) is 61.6 Å². The van der Waals surface area contributed by atoms with Gasteiger partial charge in [-0.2, -0.15) is 0 Å². The van der Waals surface area contributed by atoms with Crippen LogP contribution in [0.4, 0.5) is 4.39 Å². The molecule has 172 valence electrons. The molecule has 33 heavy (non-hydrogen) atoms. The summed E-state index contributed by atoms with van der Waals surface area (Å²) in [7, 11) is 3.45. The molecular formula is C25H28FN5O2. The molecule has 0 saturated carbocycles. The number of nitrogens with zero attached hydrogens (tertiary/aromatic N) is 3. The van der Waals surface area contributed by atoms with E-state index in [4.69, 9.17) is 4.74 Å². The van der Waals surface area contributed by atoms with Crippen LogP contribution in [0.2, 0.25) is 0 Å². The fraction of sp³-hybridized carbons (Fsp3) is 0.240. The number of benzene rings is 2. The lowest BCUT2D eigenvalue weighted by Gasteiger charge is -2.13. The summed E-state index contributed by atoms with van der Waals surface area (Å²) in [5.41, 5.74) is 2.37. The van der Waals surface area contributed by atoms with Crippen molar-refractivity contribution >= 4 is 11.9 Å². The van der Waals surface area contributed by atoms with Crippen molar-refractivity contribution in [3.05, 3.63) is 89.5 Å². The predicted octanol–water partition coefficient (Wildman–Crippen LogP) is 3.97. The van der Waals surface area contributed by atoms with Crippen LogP contribution in [-0.4, -0.2) is 42.4 Å². The maximum absolute atomic E-state index is 14.5. The number of amides is 1. The average molecular weight is 450 g/mol. The Morgan fingerprint density at radius 1 is 1.09 bits per heavy atom. The Bertz CT molecular complexity index is 1090. The fourth-order valence-corrected chi connectivity index (χ4v) is 2.98. The van der Waals surface area contributed by atoms with Crippen molar-refractivity contribution in [3.8, 4) is 11.5 Å². The first-order valence-corrected chi connectivity index (χ1v) is 10.7. The molecule has 8 heteroatoms. The van der Waals surface area contributed by atoms with E-state index < -0.39 is 5.82 Å². The summed E-state index contributed by atoms with van der Waals surface area (Å²) in [6.45, 7) is 3.50. The summed E-state index contributed by atoms with van der Waals surface area (Å²) in [5, 5.41) is 6.43. The maximum atomic E-state index is 14.5. The number of pyridine rings is 1. The number of carbonyl (C=O) groups excluding carboxylic acids is 1. The number of halogens is 1. The zero-order valence-electron chi connectivity index (χ0n) is 19.0. The lowest BCUT2D eigenvalue weighted by molar-refractivity contribution is 0.0827. The summed E-state index contributed by atoms with van der Waals surface area (Å²) in [5.74, 6) is 0.726. The number of hydrogen-bond donors (Lipinski definition) is 2. The van der Waals surface area contributed by atoms with Crippen molar-refractivity contribution in [2.24, 2.45) is 4.99 Å². The van der Waals surface area contributed by atoms with Gasteiger partial charge in [0.2, 0.25) is 0 Å². The van der Waals surface area contributed by atoms with E-state index in [-0.39, 0.29) is 11.7 Å². The number of rotatable bonds is 8. The van der Waals surface area contributed by atoms with Crippen LogP contribution in [0.3, 0.4) is 0 Å². The highest BCUT2D eigenvalue weighted by atomic mass is 19.1. The van der Waals surface area contributed by atoms with Crippen LogP contribution in [0.15, 0.2) is 72.0 Å². The molecule has 0 atom stereocenters. The molecule has 0 aliphatic carbocycles. The van der Waals surface area contributed by atoms with Gasteiger partial charge in [-0.25, -0.2) is 9.38 Å². The van der Waals surface area contributed by atoms with E-state index >= 15 is 0 Å². The Morgan fingerprint density at radius 3 is 2.48 bits per heavy atom. The second-order valence-corrected chi connectivity index (χ2v) is 7.50. The molecule has 0 unspecified atom stereocenters. The molecule has 1 heterocycles. The van der Waals surface area contributed by atoms with E-state index in [9.17, 15) is 9.18 Å². The number of ether oxygens (including phenoxy) is 1. The number of carbonyl (C=O) groups is 1. The van der Waals surface area contributed by atoms with Gasteiger partial charge >= 0.3 is 0 Å². The molecule has 0 aliphatic heterocycles. The summed E-state index contributed by atoms with van der Waals surface area (Å²) >= 11 is 0. The molecule has 7 nitrogen and oxygen atoms in total. The van der Waals surface area contributed by atoms with E-state index in [0.29, 0.717) is 36.9 Å². The minimum atomic E-state index is -0.461. The zero-order chi connectivity index (χ0) is 23.6. The van der Waals surface area contributed by atoms with Gasteiger partial charge < -0.3 is 20.3 Å². The zero-order valence-corrected chi connectivity index (χ0v) is 19.0. The minimum absolute atomic E-state index is 0.0338. The highest BCUT2D eigenvalue weighted by Crippen LogP contribution is 2.24. The van der Waals surface area contributed by atoms with Crippen molar-refractivity contribution < 1.29 is 13.9 Å². The molecule has 0 radical (unpaired) electrons. The smallest absolute Gasteiger partial charge is 0.253 e. The highest BCUT2D eigenvalue weighted by molar-refractivity contribution is 5.93. The molecule has 3 aromatic rings. The van der Waals surface area contributed by atoms with Gasteiger partial charge in [0, 0.05) is 38.9 Å². The molecule has 1 amide bonds. The van der Waals surface area contributed by atoms with Gasteiger partial charge in [-0.1, -0.05) is 18.2 Å². The first-order chi connectivity index (χ1) is 16.0. The fourth-order valence-electron chi connectivity index (χ4n) is 2.98. The predicted molar refractivity (Wildman–Crippen MR) is 127 cm³/mol. The van der Waals surface area contributed by atoms with Gasteiger partial charge in [-0.15, -0.1) is 0 Å². The monoisotopic (exact) mass is 449 g/mol. The molecule has 2 aromatic carbocycles. The van der Waals surface area contributed by atoms with Gasteiger partial charge in [0.05, 0.1) is 12.7 Å². The molecule has 0 bridgehead atoms. The Balaban J connectivity index is 1.60. The number of nitrogens with one attached hydrogen (secondary N) is 2. The number of hydrogen-bond acceptors (Lipinski definition) is 4. The Hall–Kier alpha value is -3.94. The van der Waals surface area contributed by atoms with Gasteiger partial charge in [-0.05, 0) is 54.4 Å². The third-order valence-corrected chi connectivity index (χ3v) is 4.69. The van der Waals surface area contributed by atoms with Crippen LogP contribution >= 0.6 is 0 Å². The summed E-state index contributed by atoms with van der Waals surface area (Å²) < 4.78 is 20.0. The third kappa shape index (κ3) is 7.03. The first kappa shape index (κ1) is 23.7. The quantitative estimate of drug-likeness (QED) is 0.402. The standard InChI is InChI=1S/C25H28FN5O2/c1-4-28-25(29-15-18-7-10-20(11-8-18)24(32)31(2)3)30-16-19-9-12-23(22(26)14-19)33-21-6-5-13-27-17-21/h5-14,17H,4,15-16H2,1-3H3,(H2,28,29,30). The number of aromatic nitrogens is 1. The van der Waals surface area contributed by atoms with Crippen LogP contribution < -0.4 is 15.4 Å². The van der Waals surface area contributed by atoms with Crippen molar-refractivity contribution in [2.75, 3.05) is 20.6 Å². The maximum Gasteiger partial charge on any atom is 0.253 e. The van der Waals surface area contributed by atoms with Gasteiger partial charge in [-0.3, -0.25) is 9.78 Å². The molecule has 0 saturated heterocycles. The lowest BCUT2D eigenvalue weighted by atomic mass is 10.1.